The highest BCUT2D eigenvalue weighted by Gasteiger charge is 2.08. The Balaban J connectivity index is 2.35. The lowest BCUT2D eigenvalue weighted by Crippen LogP contribution is -1.73. The van der Waals surface area contributed by atoms with Gasteiger partial charge in [-0.15, -0.1) is 0 Å². The van der Waals surface area contributed by atoms with Gasteiger partial charge in [0, 0.05) is 0 Å². The zero-order chi connectivity index (χ0) is 14.9. The van der Waals surface area contributed by atoms with Gasteiger partial charge in [0.05, 0.1) is 31.5 Å². The van der Waals surface area contributed by atoms with E-state index < -0.39 is 0 Å². The molecule has 20 heavy (non-hydrogen) atoms. The van der Waals surface area contributed by atoms with Gasteiger partial charge in [-0.05, 0) is 24.3 Å². The Bertz CT molecular complexity index is 598. The number of benzene rings is 2. The first-order valence-electron chi connectivity index (χ1n) is 5.16. The summed E-state index contributed by atoms with van der Waals surface area (Å²) in [4.78, 5) is 0. The normalized spacial score (nSPS) is 11.2. The molecule has 8 heteroatoms. The fraction of sp³-hybridized carbons (Fsp3) is 0. The average Bonchev–Trinajstić information content (AvgIpc) is 2.39. The van der Waals surface area contributed by atoms with Crippen molar-refractivity contribution >= 4 is 57.8 Å². The summed E-state index contributed by atoms with van der Waals surface area (Å²) in [5.74, 6) is -0.439. The van der Waals surface area contributed by atoms with Crippen molar-refractivity contribution in [2.75, 3.05) is 0 Å². The van der Waals surface area contributed by atoms with Crippen LogP contribution in [0.1, 0.15) is 0 Å². The van der Waals surface area contributed by atoms with Gasteiger partial charge < -0.3 is 10.2 Å². The van der Waals surface area contributed by atoms with Crippen LogP contribution in [0.5, 0.6) is 11.5 Å². The van der Waals surface area contributed by atoms with Crippen LogP contribution in [-0.4, -0.2) is 10.2 Å². The second-order valence-corrected chi connectivity index (χ2v) is 5.34. The van der Waals surface area contributed by atoms with E-state index in [0.29, 0.717) is 11.4 Å². The zero-order valence-corrected chi connectivity index (χ0v) is 12.6. The first-order valence-corrected chi connectivity index (χ1v) is 6.67. The van der Waals surface area contributed by atoms with E-state index in [1.165, 1.54) is 24.3 Å². The summed E-state index contributed by atoms with van der Waals surface area (Å²) < 4.78 is 0. The summed E-state index contributed by atoms with van der Waals surface area (Å²) in [6.07, 6.45) is 0. The first kappa shape index (κ1) is 15.2. The Morgan fingerprint density at radius 3 is 1.10 bits per heavy atom. The van der Waals surface area contributed by atoms with Crippen molar-refractivity contribution < 1.29 is 10.2 Å². The van der Waals surface area contributed by atoms with Gasteiger partial charge in [0.25, 0.3) is 0 Å². The minimum atomic E-state index is -0.219. The highest BCUT2D eigenvalue weighted by molar-refractivity contribution is 6.38. The average molecular weight is 352 g/mol. The number of phenolic OH excluding ortho intramolecular Hbond substituents is 2. The number of nitrogens with zero attached hydrogens (tertiary/aromatic N) is 2. The molecule has 0 unspecified atom stereocenters. The lowest BCUT2D eigenvalue weighted by molar-refractivity contribution is 0.475. The van der Waals surface area contributed by atoms with Gasteiger partial charge in [0.2, 0.25) is 0 Å². The van der Waals surface area contributed by atoms with Crippen molar-refractivity contribution in [3.05, 3.63) is 44.4 Å². The van der Waals surface area contributed by atoms with Crippen LogP contribution in [0.3, 0.4) is 0 Å². The number of rotatable bonds is 2. The van der Waals surface area contributed by atoms with Crippen LogP contribution in [0.15, 0.2) is 34.5 Å². The van der Waals surface area contributed by atoms with Crippen molar-refractivity contribution in [1.29, 1.82) is 0 Å². The predicted octanol–water partition coefficient (Wildman–Crippen LogP) is 6.13. The van der Waals surface area contributed by atoms with E-state index in [1.807, 2.05) is 0 Å². The monoisotopic (exact) mass is 350 g/mol. The van der Waals surface area contributed by atoms with Crippen LogP contribution in [0.4, 0.5) is 11.4 Å². The predicted molar refractivity (Wildman–Crippen MR) is 80.4 cm³/mol. The highest BCUT2D eigenvalue weighted by atomic mass is 35.5. The van der Waals surface area contributed by atoms with Crippen molar-refractivity contribution in [1.82, 2.24) is 0 Å². The fourth-order valence-corrected chi connectivity index (χ4v) is 2.29. The molecule has 0 aliphatic carbocycles. The van der Waals surface area contributed by atoms with Crippen molar-refractivity contribution in [2.45, 2.75) is 0 Å². The molecule has 2 rings (SSSR count). The molecule has 0 heterocycles. The smallest absolute Gasteiger partial charge is 0.152 e. The Hall–Kier alpha value is -1.20. The maximum absolute atomic E-state index is 9.42. The molecule has 0 atom stereocenters. The highest BCUT2D eigenvalue weighted by Crippen LogP contribution is 2.38. The number of halogens is 4. The molecule has 0 spiro atoms. The second kappa shape index (κ2) is 6.06. The molecule has 0 aliphatic rings. The molecule has 2 aromatic rings. The van der Waals surface area contributed by atoms with Crippen LogP contribution in [0.2, 0.25) is 20.1 Å². The van der Waals surface area contributed by atoms with Crippen LogP contribution in [0, 0.1) is 0 Å². The molecule has 0 aliphatic heterocycles. The summed E-state index contributed by atoms with van der Waals surface area (Å²) in [5.41, 5.74) is 0.691. The molecule has 2 N–H and O–H groups in total. The largest absolute Gasteiger partial charge is 0.505 e. The van der Waals surface area contributed by atoms with E-state index in [-0.39, 0.29) is 31.6 Å². The molecule has 0 fully saturated rings. The maximum atomic E-state index is 9.42. The zero-order valence-electron chi connectivity index (χ0n) is 9.61. The summed E-state index contributed by atoms with van der Waals surface area (Å²) in [7, 11) is 0. The number of hydrogen-bond donors (Lipinski definition) is 2. The standard InChI is InChI=1S/C12H6Cl4N2O2/c13-7-1-5(2-8(14)11(7)19)17-18-6-3-9(15)12(20)10(16)4-6/h1-4,19-20H. The van der Waals surface area contributed by atoms with Crippen molar-refractivity contribution in [3.63, 3.8) is 0 Å². The molecule has 0 saturated carbocycles. The Kier molecular flexibility index (Phi) is 4.60. The van der Waals surface area contributed by atoms with Gasteiger partial charge in [0.15, 0.2) is 11.5 Å². The molecule has 4 nitrogen and oxygen atoms in total. The van der Waals surface area contributed by atoms with E-state index in [2.05, 4.69) is 10.2 Å². The molecule has 0 radical (unpaired) electrons. The lowest BCUT2D eigenvalue weighted by Gasteiger charge is -2.02. The lowest BCUT2D eigenvalue weighted by atomic mass is 10.3. The van der Waals surface area contributed by atoms with Gasteiger partial charge in [-0.1, -0.05) is 46.4 Å². The van der Waals surface area contributed by atoms with E-state index in [1.54, 1.807) is 0 Å². The van der Waals surface area contributed by atoms with Gasteiger partial charge in [0.1, 0.15) is 0 Å². The molecule has 2 aromatic carbocycles. The molecule has 0 amide bonds. The van der Waals surface area contributed by atoms with Crippen molar-refractivity contribution in [3.8, 4) is 11.5 Å². The van der Waals surface area contributed by atoms with Crippen LogP contribution < -0.4 is 0 Å². The molecular weight excluding hydrogens is 346 g/mol. The summed E-state index contributed by atoms with van der Waals surface area (Å²) >= 11 is 23.0. The number of azo groups is 1. The van der Waals surface area contributed by atoms with E-state index in [9.17, 15) is 10.2 Å². The Labute approximate surface area is 134 Å². The molecule has 0 saturated heterocycles. The van der Waals surface area contributed by atoms with E-state index in [4.69, 9.17) is 46.4 Å². The molecular formula is C12H6Cl4N2O2. The minimum absolute atomic E-state index is 0.0632. The molecule has 0 bridgehead atoms. The minimum Gasteiger partial charge on any atom is -0.505 e. The van der Waals surface area contributed by atoms with Gasteiger partial charge in [-0.3, -0.25) is 0 Å². The van der Waals surface area contributed by atoms with Gasteiger partial charge in [-0.25, -0.2) is 0 Å². The van der Waals surface area contributed by atoms with Crippen LogP contribution >= 0.6 is 46.4 Å². The Morgan fingerprint density at radius 1 is 0.600 bits per heavy atom. The van der Waals surface area contributed by atoms with Crippen LogP contribution in [0.25, 0.3) is 0 Å². The van der Waals surface area contributed by atoms with Crippen molar-refractivity contribution in [2.24, 2.45) is 10.2 Å². The topological polar surface area (TPSA) is 65.2 Å². The third kappa shape index (κ3) is 3.27. The Morgan fingerprint density at radius 2 is 0.850 bits per heavy atom. The van der Waals surface area contributed by atoms with E-state index in [0.717, 1.165) is 0 Å². The second-order valence-electron chi connectivity index (χ2n) is 3.72. The molecule has 0 aromatic heterocycles. The van der Waals surface area contributed by atoms with E-state index >= 15 is 0 Å². The third-order valence-corrected chi connectivity index (χ3v) is 3.44. The fourth-order valence-electron chi connectivity index (χ4n) is 1.34. The summed E-state index contributed by atoms with van der Waals surface area (Å²) in [6, 6.07) is 5.59. The first-order chi connectivity index (χ1) is 9.38. The van der Waals surface area contributed by atoms with Gasteiger partial charge in [-0.2, -0.15) is 10.2 Å². The number of aromatic hydroxyl groups is 2. The number of phenols is 2. The third-order valence-electron chi connectivity index (χ3n) is 2.28. The van der Waals surface area contributed by atoms with Gasteiger partial charge >= 0.3 is 0 Å². The SMILES string of the molecule is Oc1c(Cl)cc(N=Nc2cc(Cl)c(O)c(Cl)c2)cc1Cl. The quantitative estimate of drug-likeness (QED) is 0.639. The maximum Gasteiger partial charge on any atom is 0.152 e. The molecule has 104 valence electrons. The van der Waals surface area contributed by atoms with Crippen LogP contribution in [-0.2, 0) is 0 Å². The summed E-state index contributed by atoms with van der Waals surface area (Å²) in [6.45, 7) is 0. The summed E-state index contributed by atoms with van der Waals surface area (Å²) in [5, 5.41) is 26.9. The number of hydrogen-bond acceptors (Lipinski definition) is 4.